The number of aryl methyl sites for hydroxylation is 1. The largest absolute Gasteiger partial charge is 0.356 e. The van der Waals surface area contributed by atoms with E-state index in [-0.39, 0.29) is 17.7 Å². The molecule has 2 unspecified atom stereocenters. The SMILES string of the molecule is Cn1cc(C2CCN(C(=O)C(=O)N3CCC(C4CNC(=O)C4)C3)CC2)cn1. The zero-order valence-electron chi connectivity index (χ0n) is 15.8. The van der Waals surface area contributed by atoms with Crippen LogP contribution in [-0.2, 0) is 21.4 Å². The maximum atomic E-state index is 12.7. The van der Waals surface area contributed by atoms with Crippen LogP contribution in [0.4, 0.5) is 0 Å². The molecule has 1 aromatic heterocycles. The average Bonchev–Trinajstić information content (AvgIpc) is 3.41. The lowest BCUT2D eigenvalue weighted by molar-refractivity contribution is -0.152. The molecule has 3 fully saturated rings. The summed E-state index contributed by atoms with van der Waals surface area (Å²) in [7, 11) is 1.90. The number of aromatic nitrogens is 2. The molecule has 3 amide bonds. The molecule has 27 heavy (non-hydrogen) atoms. The van der Waals surface area contributed by atoms with Gasteiger partial charge in [0.1, 0.15) is 0 Å². The fraction of sp³-hybridized carbons (Fsp3) is 0.684. The molecule has 0 aliphatic carbocycles. The number of nitrogens with one attached hydrogen (secondary N) is 1. The summed E-state index contributed by atoms with van der Waals surface area (Å²) in [6, 6.07) is 0. The Labute approximate surface area is 158 Å². The van der Waals surface area contributed by atoms with E-state index in [1.165, 1.54) is 5.56 Å². The van der Waals surface area contributed by atoms with E-state index in [1.54, 1.807) is 14.5 Å². The third-order valence-electron chi connectivity index (χ3n) is 6.35. The van der Waals surface area contributed by atoms with Gasteiger partial charge in [0, 0.05) is 52.4 Å². The van der Waals surface area contributed by atoms with Crippen LogP contribution in [-0.4, -0.2) is 70.0 Å². The minimum atomic E-state index is -0.380. The molecular weight excluding hydrogens is 346 g/mol. The number of amides is 3. The molecule has 3 aliphatic rings. The zero-order valence-corrected chi connectivity index (χ0v) is 15.8. The van der Waals surface area contributed by atoms with Crippen molar-refractivity contribution in [2.24, 2.45) is 18.9 Å². The second-order valence-corrected chi connectivity index (χ2v) is 8.08. The molecule has 3 aliphatic heterocycles. The van der Waals surface area contributed by atoms with Gasteiger partial charge in [-0.05, 0) is 42.6 Å². The van der Waals surface area contributed by atoms with Crippen molar-refractivity contribution in [1.82, 2.24) is 24.9 Å². The number of likely N-dealkylation sites (tertiary alicyclic amines) is 2. The van der Waals surface area contributed by atoms with E-state index in [4.69, 9.17) is 0 Å². The molecule has 1 N–H and O–H groups in total. The van der Waals surface area contributed by atoms with Crippen LogP contribution < -0.4 is 5.32 Å². The Morgan fingerprint density at radius 3 is 2.41 bits per heavy atom. The molecule has 8 heteroatoms. The average molecular weight is 373 g/mol. The van der Waals surface area contributed by atoms with Crippen LogP contribution in [0.1, 0.15) is 37.2 Å². The van der Waals surface area contributed by atoms with Gasteiger partial charge >= 0.3 is 11.8 Å². The molecule has 1 aromatic rings. The molecule has 0 spiro atoms. The summed E-state index contributed by atoms with van der Waals surface area (Å²) >= 11 is 0. The van der Waals surface area contributed by atoms with Crippen LogP contribution in [0.5, 0.6) is 0 Å². The van der Waals surface area contributed by atoms with Crippen LogP contribution in [0.3, 0.4) is 0 Å². The number of carbonyl (C=O) groups excluding carboxylic acids is 3. The zero-order chi connectivity index (χ0) is 19.0. The summed E-state index contributed by atoms with van der Waals surface area (Å²) in [4.78, 5) is 40.1. The molecule has 0 saturated carbocycles. The number of nitrogens with zero attached hydrogens (tertiary/aromatic N) is 4. The molecule has 4 heterocycles. The van der Waals surface area contributed by atoms with Gasteiger partial charge in [-0.3, -0.25) is 19.1 Å². The quantitative estimate of drug-likeness (QED) is 0.746. The summed E-state index contributed by atoms with van der Waals surface area (Å²) in [5, 5.41) is 7.08. The first-order chi connectivity index (χ1) is 13.0. The van der Waals surface area contributed by atoms with Crippen molar-refractivity contribution < 1.29 is 14.4 Å². The van der Waals surface area contributed by atoms with Crippen molar-refractivity contribution in [3.63, 3.8) is 0 Å². The highest BCUT2D eigenvalue weighted by atomic mass is 16.2. The molecule has 8 nitrogen and oxygen atoms in total. The number of rotatable bonds is 2. The monoisotopic (exact) mass is 373 g/mol. The Kier molecular flexibility index (Phi) is 4.88. The number of piperidine rings is 1. The van der Waals surface area contributed by atoms with E-state index < -0.39 is 0 Å². The third-order valence-corrected chi connectivity index (χ3v) is 6.35. The Morgan fingerprint density at radius 1 is 1.07 bits per heavy atom. The van der Waals surface area contributed by atoms with Crippen molar-refractivity contribution in [3.05, 3.63) is 18.0 Å². The summed E-state index contributed by atoms with van der Waals surface area (Å²) in [6.45, 7) is 3.13. The van der Waals surface area contributed by atoms with E-state index in [1.807, 2.05) is 19.4 Å². The van der Waals surface area contributed by atoms with Gasteiger partial charge in [-0.2, -0.15) is 5.10 Å². The van der Waals surface area contributed by atoms with E-state index in [0.29, 0.717) is 56.9 Å². The lowest BCUT2D eigenvalue weighted by Gasteiger charge is -2.32. The van der Waals surface area contributed by atoms with Crippen molar-refractivity contribution in [2.75, 3.05) is 32.7 Å². The van der Waals surface area contributed by atoms with Gasteiger partial charge in [0.25, 0.3) is 0 Å². The first-order valence-electron chi connectivity index (χ1n) is 9.84. The second kappa shape index (κ2) is 7.32. The van der Waals surface area contributed by atoms with E-state index in [9.17, 15) is 14.4 Å². The molecule has 3 saturated heterocycles. The highest BCUT2D eigenvalue weighted by molar-refractivity contribution is 6.35. The molecule has 2 atom stereocenters. The minimum absolute atomic E-state index is 0.0948. The minimum Gasteiger partial charge on any atom is -0.356 e. The first kappa shape index (κ1) is 18.0. The maximum absolute atomic E-state index is 12.7. The predicted molar refractivity (Wildman–Crippen MR) is 97.6 cm³/mol. The molecule has 146 valence electrons. The summed E-state index contributed by atoms with van der Waals surface area (Å²) in [5.41, 5.74) is 1.21. The van der Waals surface area contributed by atoms with Gasteiger partial charge in [0.2, 0.25) is 5.91 Å². The first-order valence-corrected chi connectivity index (χ1v) is 9.84. The van der Waals surface area contributed by atoms with Crippen LogP contribution in [0, 0.1) is 11.8 Å². The van der Waals surface area contributed by atoms with Gasteiger partial charge in [0.05, 0.1) is 6.20 Å². The van der Waals surface area contributed by atoms with E-state index >= 15 is 0 Å². The van der Waals surface area contributed by atoms with Crippen LogP contribution in [0.25, 0.3) is 0 Å². The van der Waals surface area contributed by atoms with Crippen molar-refractivity contribution >= 4 is 17.7 Å². The van der Waals surface area contributed by atoms with Gasteiger partial charge in [0.15, 0.2) is 0 Å². The predicted octanol–water partition coefficient (Wildman–Crippen LogP) is 0.111. The number of hydrogen-bond acceptors (Lipinski definition) is 4. The Balaban J connectivity index is 1.28. The smallest absolute Gasteiger partial charge is 0.312 e. The number of hydrogen-bond donors (Lipinski definition) is 1. The van der Waals surface area contributed by atoms with Gasteiger partial charge in [-0.15, -0.1) is 0 Å². The van der Waals surface area contributed by atoms with Crippen LogP contribution >= 0.6 is 0 Å². The van der Waals surface area contributed by atoms with Crippen molar-refractivity contribution in [3.8, 4) is 0 Å². The van der Waals surface area contributed by atoms with Crippen molar-refractivity contribution in [2.45, 2.75) is 31.6 Å². The molecule has 0 bridgehead atoms. The van der Waals surface area contributed by atoms with Gasteiger partial charge < -0.3 is 15.1 Å². The fourth-order valence-electron chi connectivity index (χ4n) is 4.65. The number of carbonyl (C=O) groups is 3. The van der Waals surface area contributed by atoms with Crippen molar-refractivity contribution in [1.29, 1.82) is 0 Å². The van der Waals surface area contributed by atoms with E-state index in [2.05, 4.69) is 10.4 Å². The lowest BCUT2D eigenvalue weighted by atomic mass is 9.91. The molecule has 0 aromatic carbocycles. The fourth-order valence-corrected chi connectivity index (χ4v) is 4.65. The van der Waals surface area contributed by atoms with Crippen LogP contribution in [0.2, 0.25) is 0 Å². The highest BCUT2D eigenvalue weighted by Crippen LogP contribution is 2.30. The van der Waals surface area contributed by atoms with Gasteiger partial charge in [-0.25, -0.2) is 0 Å². The normalized spacial score (nSPS) is 26.5. The Bertz CT molecular complexity index is 737. The lowest BCUT2D eigenvalue weighted by Crippen LogP contribution is -2.47. The summed E-state index contributed by atoms with van der Waals surface area (Å²) < 4.78 is 1.80. The van der Waals surface area contributed by atoms with E-state index in [0.717, 1.165) is 19.3 Å². The summed E-state index contributed by atoms with van der Waals surface area (Å²) in [6.07, 6.45) is 7.07. The Hall–Kier alpha value is -2.38. The molecule has 0 radical (unpaired) electrons. The second-order valence-electron chi connectivity index (χ2n) is 8.08. The standard InChI is InChI=1S/C19H27N5O3/c1-22-11-16(10-21-22)13-2-5-23(6-3-13)18(26)19(27)24-7-4-14(12-24)15-8-17(25)20-9-15/h10-11,13-15H,2-9,12H2,1H3,(H,20,25). The maximum Gasteiger partial charge on any atom is 0.312 e. The Morgan fingerprint density at radius 2 is 1.78 bits per heavy atom. The molecular formula is C19H27N5O3. The molecule has 4 rings (SSSR count). The van der Waals surface area contributed by atoms with Crippen LogP contribution in [0.15, 0.2) is 12.4 Å². The highest BCUT2D eigenvalue weighted by Gasteiger charge is 2.38. The third kappa shape index (κ3) is 3.70. The van der Waals surface area contributed by atoms with Gasteiger partial charge in [-0.1, -0.05) is 0 Å². The topological polar surface area (TPSA) is 87.5 Å². The summed E-state index contributed by atoms with van der Waals surface area (Å²) in [5.74, 6) is 0.354.